The van der Waals surface area contributed by atoms with E-state index in [1.165, 1.54) is 5.57 Å². The molecule has 2 bridgehead atoms. The molecule has 0 saturated heterocycles. The first-order valence-electron chi connectivity index (χ1n) is 14.0. The van der Waals surface area contributed by atoms with Crippen molar-refractivity contribution in [1.29, 1.82) is 0 Å². The quantitative estimate of drug-likeness (QED) is 0.250. The summed E-state index contributed by atoms with van der Waals surface area (Å²) in [6, 6.07) is 0. The topological polar surface area (TPSA) is 77.8 Å². The summed E-state index contributed by atoms with van der Waals surface area (Å²) in [5.74, 6) is -0.768. The first kappa shape index (κ1) is 26.8. The van der Waals surface area contributed by atoms with Crippen molar-refractivity contribution >= 4 is 5.97 Å². The predicted octanol–water partition coefficient (Wildman–Crippen LogP) is 8.47. The fourth-order valence-electron chi connectivity index (χ4n) is 8.25. The number of unbranched alkanes of at least 4 members (excludes halogenated alkanes) is 2. The Balaban J connectivity index is 1.98. The summed E-state index contributed by atoms with van der Waals surface area (Å²) in [5, 5.41) is 34.1. The van der Waals surface area contributed by atoms with Crippen molar-refractivity contribution in [2.45, 2.75) is 111 Å². The van der Waals surface area contributed by atoms with Crippen LogP contribution in [0.15, 0.2) is 23.8 Å². The number of hydrogen-bond donors (Lipinski definition) is 3. The van der Waals surface area contributed by atoms with Crippen LogP contribution >= 0.6 is 0 Å². The van der Waals surface area contributed by atoms with Gasteiger partial charge in [-0.25, -0.2) is 4.79 Å². The van der Waals surface area contributed by atoms with Crippen LogP contribution in [0.2, 0.25) is 0 Å². The normalized spacial score (nSPS) is 30.9. The van der Waals surface area contributed by atoms with E-state index in [2.05, 4.69) is 47.3 Å². The predicted molar refractivity (Wildman–Crippen MR) is 146 cm³/mol. The molecule has 0 amide bonds. The molecule has 0 heterocycles. The second kappa shape index (κ2) is 9.58. The maximum atomic E-state index is 12.7. The monoisotopic (exact) mass is 494 g/mol. The minimum absolute atomic E-state index is 0.0108. The first-order valence-corrected chi connectivity index (χ1v) is 14.0. The molecule has 0 aromatic heterocycles. The molecule has 36 heavy (non-hydrogen) atoms. The molecule has 0 unspecified atom stereocenters. The van der Waals surface area contributed by atoms with E-state index in [0.29, 0.717) is 23.5 Å². The first-order chi connectivity index (χ1) is 16.8. The summed E-state index contributed by atoms with van der Waals surface area (Å²) in [7, 11) is 0. The van der Waals surface area contributed by atoms with E-state index in [1.54, 1.807) is 0 Å². The minimum atomic E-state index is -1.10. The zero-order valence-electron chi connectivity index (χ0n) is 23.2. The number of rotatable bonds is 8. The fraction of sp³-hybridized carbons (Fsp3) is 0.656. The number of benzene rings is 1. The Bertz CT molecular complexity index is 1090. The van der Waals surface area contributed by atoms with Crippen molar-refractivity contribution < 1.29 is 20.1 Å². The standard InChI is InChI=1S/C32H46O4/c1-8-9-10-11-22-25(24-15-20-16-32(24,7)17-31(20,5)6)28(33)26(29(34)27(22)30(35)36)23-14-19(4)12-13-21(23)18(2)3/h14,20-21,23-24,33-34H,2,8-13,15-17H2,1,3-7H3,(H,35,36)/t20-,21+,23-,24+,32-/m1/s1. The largest absolute Gasteiger partial charge is 0.507 e. The number of aromatic carboxylic acids is 1. The maximum Gasteiger partial charge on any atom is 0.339 e. The van der Waals surface area contributed by atoms with Crippen LogP contribution in [0.25, 0.3) is 0 Å². The van der Waals surface area contributed by atoms with Gasteiger partial charge in [-0.15, -0.1) is 0 Å². The van der Waals surface area contributed by atoms with Gasteiger partial charge in [0.25, 0.3) is 0 Å². The van der Waals surface area contributed by atoms with Gasteiger partial charge >= 0.3 is 5.97 Å². The van der Waals surface area contributed by atoms with Gasteiger partial charge < -0.3 is 15.3 Å². The molecule has 4 nitrogen and oxygen atoms in total. The fourth-order valence-corrected chi connectivity index (χ4v) is 8.25. The Morgan fingerprint density at radius 3 is 2.36 bits per heavy atom. The summed E-state index contributed by atoms with van der Waals surface area (Å²) < 4.78 is 0. The number of carboxylic acid groups (broad SMARTS) is 1. The van der Waals surface area contributed by atoms with Crippen LogP contribution in [-0.2, 0) is 6.42 Å². The number of phenolic OH excluding ortho intramolecular Hbond substituents is 1. The lowest BCUT2D eigenvalue weighted by molar-refractivity contribution is 0.0691. The smallest absolute Gasteiger partial charge is 0.339 e. The molecule has 3 aliphatic carbocycles. The number of phenols is 2. The highest BCUT2D eigenvalue weighted by Crippen LogP contribution is 2.69. The zero-order valence-corrected chi connectivity index (χ0v) is 23.2. The number of aromatic hydroxyl groups is 2. The van der Waals surface area contributed by atoms with Crippen molar-refractivity contribution in [3.63, 3.8) is 0 Å². The number of carboxylic acids is 1. The van der Waals surface area contributed by atoms with E-state index in [1.807, 2.05) is 6.92 Å². The van der Waals surface area contributed by atoms with Crippen LogP contribution in [0.5, 0.6) is 11.5 Å². The van der Waals surface area contributed by atoms with Gasteiger partial charge in [0.2, 0.25) is 0 Å². The second-order valence-corrected chi connectivity index (χ2v) is 13.2. The molecule has 0 radical (unpaired) electrons. The third-order valence-electron chi connectivity index (χ3n) is 9.97. The number of fused-ring (bicyclic) bond motifs is 2. The summed E-state index contributed by atoms with van der Waals surface area (Å²) >= 11 is 0. The average molecular weight is 495 g/mol. The highest BCUT2D eigenvalue weighted by molar-refractivity contribution is 5.95. The van der Waals surface area contributed by atoms with E-state index in [-0.39, 0.29) is 45.6 Å². The van der Waals surface area contributed by atoms with E-state index >= 15 is 0 Å². The molecule has 1 aromatic carbocycles. The van der Waals surface area contributed by atoms with Gasteiger partial charge in [-0.1, -0.05) is 64.3 Å². The van der Waals surface area contributed by atoms with Gasteiger partial charge in [0.05, 0.1) is 0 Å². The van der Waals surface area contributed by atoms with Gasteiger partial charge in [-0.2, -0.15) is 0 Å². The van der Waals surface area contributed by atoms with Crippen LogP contribution in [-0.4, -0.2) is 21.3 Å². The van der Waals surface area contributed by atoms with Crippen LogP contribution in [0.1, 0.15) is 132 Å². The highest BCUT2D eigenvalue weighted by Gasteiger charge is 2.58. The molecule has 0 spiro atoms. The van der Waals surface area contributed by atoms with Crippen LogP contribution in [0.3, 0.4) is 0 Å². The summed E-state index contributed by atoms with van der Waals surface area (Å²) in [4.78, 5) is 12.7. The van der Waals surface area contributed by atoms with Gasteiger partial charge in [0, 0.05) is 17.0 Å². The molecule has 1 aromatic rings. The SMILES string of the molecule is C=C(C)[C@@H]1CCC(C)=C[C@H]1c1c(O)c(C(=O)O)c(CCCCC)c([C@@H]2C[C@@H]3C[C@]2(C)CC3(C)C)c1O. The lowest BCUT2D eigenvalue weighted by atomic mass is 9.63. The Hall–Kier alpha value is -2.23. The molecule has 2 saturated carbocycles. The van der Waals surface area contributed by atoms with Crippen molar-refractivity contribution in [1.82, 2.24) is 0 Å². The molecule has 3 aliphatic rings. The Morgan fingerprint density at radius 2 is 1.83 bits per heavy atom. The van der Waals surface area contributed by atoms with Crippen LogP contribution in [0.4, 0.5) is 0 Å². The highest BCUT2D eigenvalue weighted by atomic mass is 16.4. The van der Waals surface area contributed by atoms with Gasteiger partial charge in [-0.05, 0) is 92.9 Å². The van der Waals surface area contributed by atoms with Crippen molar-refractivity contribution in [2.24, 2.45) is 22.7 Å². The Morgan fingerprint density at radius 1 is 1.14 bits per heavy atom. The average Bonchev–Trinajstić information content (AvgIpc) is 3.21. The van der Waals surface area contributed by atoms with E-state index in [9.17, 15) is 20.1 Å². The second-order valence-electron chi connectivity index (χ2n) is 13.2. The Labute approximate surface area is 217 Å². The van der Waals surface area contributed by atoms with Crippen LogP contribution < -0.4 is 0 Å². The molecule has 3 N–H and O–H groups in total. The lowest BCUT2D eigenvalue weighted by Gasteiger charge is -2.41. The minimum Gasteiger partial charge on any atom is -0.507 e. The third kappa shape index (κ3) is 4.39. The molecule has 0 aliphatic heterocycles. The molecular weight excluding hydrogens is 448 g/mol. The Kier molecular flexibility index (Phi) is 7.13. The summed E-state index contributed by atoms with van der Waals surface area (Å²) in [6.45, 7) is 17.4. The number of allylic oxidation sites excluding steroid dienone is 3. The van der Waals surface area contributed by atoms with Gasteiger partial charge in [0.15, 0.2) is 0 Å². The molecule has 4 rings (SSSR count). The third-order valence-corrected chi connectivity index (χ3v) is 9.97. The van der Waals surface area contributed by atoms with Gasteiger partial charge in [0.1, 0.15) is 17.1 Å². The number of carbonyl (C=O) groups is 1. The molecular formula is C32H46O4. The molecule has 5 atom stereocenters. The van der Waals surface area contributed by atoms with Crippen molar-refractivity contribution in [3.05, 3.63) is 46.1 Å². The van der Waals surface area contributed by atoms with Crippen LogP contribution in [0, 0.1) is 22.7 Å². The molecule has 198 valence electrons. The number of hydrogen-bond acceptors (Lipinski definition) is 3. The van der Waals surface area contributed by atoms with E-state index < -0.39 is 5.97 Å². The van der Waals surface area contributed by atoms with Crippen molar-refractivity contribution in [2.75, 3.05) is 0 Å². The van der Waals surface area contributed by atoms with E-state index in [4.69, 9.17) is 0 Å². The van der Waals surface area contributed by atoms with Crippen molar-refractivity contribution in [3.8, 4) is 11.5 Å². The maximum absolute atomic E-state index is 12.7. The lowest BCUT2D eigenvalue weighted by Crippen LogP contribution is -2.30. The molecule has 4 heteroatoms. The van der Waals surface area contributed by atoms with E-state index in [0.717, 1.165) is 62.5 Å². The molecule has 2 fully saturated rings. The van der Waals surface area contributed by atoms with Gasteiger partial charge in [-0.3, -0.25) is 0 Å². The zero-order chi connectivity index (χ0) is 26.6. The summed E-state index contributed by atoms with van der Waals surface area (Å²) in [6.07, 6.45) is 10.5. The summed E-state index contributed by atoms with van der Waals surface area (Å²) in [5.41, 5.74) is 4.37.